The fourth-order valence-electron chi connectivity index (χ4n) is 2.89. The van der Waals surface area contributed by atoms with Crippen LogP contribution in [0.1, 0.15) is 32.6 Å². The number of hydrogen-bond acceptors (Lipinski definition) is 3. The molecule has 2 N–H and O–H groups in total. The molecular formula is C15H21F2NOS. The summed E-state index contributed by atoms with van der Waals surface area (Å²) in [6, 6.07) is 4.04. The summed E-state index contributed by atoms with van der Waals surface area (Å²) in [5.74, 6) is -1.61. The normalized spacial score (nSPS) is 26.7. The molecule has 0 heterocycles. The van der Waals surface area contributed by atoms with Crippen LogP contribution in [0.15, 0.2) is 23.1 Å². The second-order valence-corrected chi connectivity index (χ2v) is 6.75. The summed E-state index contributed by atoms with van der Waals surface area (Å²) in [5.41, 5.74) is -0.219. The molecule has 1 saturated carbocycles. The van der Waals surface area contributed by atoms with Gasteiger partial charge in [0, 0.05) is 15.7 Å². The first-order valence-corrected chi connectivity index (χ1v) is 7.94. The number of aliphatic hydroxyl groups is 1. The van der Waals surface area contributed by atoms with Crippen LogP contribution in [0.25, 0.3) is 0 Å². The molecule has 0 bridgehead atoms. The van der Waals surface area contributed by atoms with E-state index in [0.717, 1.165) is 37.1 Å². The van der Waals surface area contributed by atoms with E-state index in [1.807, 2.05) is 6.92 Å². The summed E-state index contributed by atoms with van der Waals surface area (Å²) in [6.45, 7) is 2.97. The maximum atomic E-state index is 13.2. The number of rotatable bonds is 5. The molecule has 5 heteroatoms. The molecule has 0 spiro atoms. The number of likely N-dealkylation sites (N-methyl/N-ethyl adjacent to an activating group) is 1. The molecule has 1 aromatic rings. The van der Waals surface area contributed by atoms with Gasteiger partial charge in [0.15, 0.2) is 11.6 Å². The van der Waals surface area contributed by atoms with Crippen LogP contribution < -0.4 is 5.32 Å². The van der Waals surface area contributed by atoms with Crippen LogP contribution in [-0.2, 0) is 0 Å². The van der Waals surface area contributed by atoms with Gasteiger partial charge < -0.3 is 10.4 Å². The summed E-state index contributed by atoms with van der Waals surface area (Å²) in [7, 11) is 0. The highest BCUT2D eigenvalue weighted by Crippen LogP contribution is 2.38. The molecule has 0 radical (unpaired) electrons. The number of hydrogen-bond donors (Lipinski definition) is 2. The van der Waals surface area contributed by atoms with Crippen molar-refractivity contribution in [3.8, 4) is 0 Å². The summed E-state index contributed by atoms with van der Waals surface area (Å²) in [6.07, 6.45) is 3.89. The molecular weight excluding hydrogens is 280 g/mol. The average molecular weight is 301 g/mol. The Morgan fingerprint density at radius 2 is 2.20 bits per heavy atom. The van der Waals surface area contributed by atoms with Gasteiger partial charge in [-0.2, -0.15) is 0 Å². The third-order valence-electron chi connectivity index (χ3n) is 3.85. The van der Waals surface area contributed by atoms with Crippen LogP contribution in [0.2, 0.25) is 0 Å². The van der Waals surface area contributed by atoms with Gasteiger partial charge in [0.1, 0.15) is 0 Å². The van der Waals surface area contributed by atoms with Crippen molar-refractivity contribution in [2.45, 2.75) is 48.3 Å². The van der Waals surface area contributed by atoms with Gasteiger partial charge in [0.05, 0.1) is 6.61 Å². The van der Waals surface area contributed by atoms with Crippen molar-refractivity contribution in [3.63, 3.8) is 0 Å². The smallest absolute Gasteiger partial charge is 0.159 e. The maximum Gasteiger partial charge on any atom is 0.159 e. The van der Waals surface area contributed by atoms with Gasteiger partial charge in [-0.1, -0.05) is 13.3 Å². The second-order valence-electron chi connectivity index (χ2n) is 5.38. The maximum absolute atomic E-state index is 13.2. The predicted molar refractivity (Wildman–Crippen MR) is 78.0 cm³/mol. The second kappa shape index (κ2) is 6.87. The van der Waals surface area contributed by atoms with Gasteiger partial charge in [0.2, 0.25) is 0 Å². The molecule has 1 aliphatic rings. The largest absolute Gasteiger partial charge is 0.394 e. The monoisotopic (exact) mass is 301 g/mol. The van der Waals surface area contributed by atoms with Crippen molar-refractivity contribution in [1.82, 2.24) is 5.32 Å². The highest BCUT2D eigenvalue weighted by molar-refractivity contribution is 8.00. The lowest BCUT2D eigenvalue weighted by atomic mass is 9.82. The Hall–Kier alpha value is -0.650. The van der Waals surface area contributed by atoms with Crippen LogP contribution >= 0.6 is 11.8 Å². The Kier molecular flexibility index (Phi) is 5.41. The van der Waals surface area contributed by atoms with E-state index in [9.17, 15) is 13.9 Å². The molecule has 1 fully saturated rings. The van der Waals surface area contributed by atoms with Crippen LogP contribution in [0, 0.1) is 11.6 Å². The predicted octanol–water partition coefficient (Wildman–Crippen LogP) is 3.34. The summed E-state index contributed by atoms with van der Waals surface area (Å²) < 4.78 is 26.2. The van der Waals surface area contributed by atoms with E-state index < -0.39 is 11.6 Å². The number of thioether (sulfide) groups is 1. The first kappa shape index (κ1) is 15.7. The van der Waals surface area contributed by atoms with E-state index in [1.54, 1.807) is 17.8 Å². The van der Waals surface area contributed by atoms with Crippen molar-refractivity contribution < 1.29 is 13.9 Å². The molecule has 112 valence electrons. The van der Waals surface area contributed by atoms with Gasteiger partial charge in [-0.15, -0.1) is 11.8 Å². The van der Waals surface area contributed by atoms with Crippen molar-refractivity contribution in [2.24, 2.45) is 0 Å². The minimum Gasteiger partial charge on any atom is -0.394 e. The summed E-state index contributed by atoms with van der Waals surface area (Å²) in [4.78, 5) is 0.749. The first-order valence-electron chi connectivity index (χ1n) is 7.06. The van der Waals surface area contributed by atoms with E-state index in [4.69, 9.17) is 0 Å². The SMILES string of the molecule is CCNC1(CO)CCCC(Sc2ccc(F)c(F)c2)C1. The molecule has 1 aromatic carbocycles. The van der Waals surface area contributed by atoms with Crippen LogP contribution in [0.5, 0.6) is 0 Å². The first-order chi connectivity index (χ1) is 9.58. The zero-order chi connectivity index (χ0) is 14.6. The molecule has 20 heavy (non-hydrogen) atoms. The number of halogens is 2. The molecule has 0 amide bonds. The van der Waals surface area contributed by atoms with Crippen LogP contribution in [-0.4, -0.2) is 29.0 Å². The Bertz CT molecular complexity index is 453. The Morgan fingerprint density at radius 3 is 2.85 bits per heavy atom. The molecule has 2 rings (SSSR count). The van der Waals surface area contributed by atoms with Gasteiger partial charge >= 0.3 is 0 Å². The number of aliphatic hydroxyl groups excluding tert-OH is 1. The third kappa shape index (κ3) is 3.71. The van der Waals surface area contributed by atoms with Crippen molar-refractivity contribution in [1.29, 1.82) is 0 Å². The van der Waals surface area contributed by atoms with E-state index in [0.29, 0.717) is 5.25 Å². The molecule has 0 aromatic heterocycles. The number of benzene rings is 1. The van der Waals surface area contributed by atoms with Crippen molar-refractivity contribution in [2.75, 3.05) is 13.2 Å². The van der Waals surface area contributed by atoms with Crippen LogP contribution in [0.4, 0.5) is 8.78 Å². The fraction of sp³-hybridized carbons (Fsp3) is 0.600. The molecule has 0 aliphatic heterocycles. The lowest BCUT2D eigenvalue weighted by Gasteiger charge is -2.40. The third-order valence-corrected chi connectivity index (χ3v) is 5.11. The fourth-order valence-corrected chi connectivity index (χ4v) is 4.28. The van der Waals surface area contributed by atoms with Gasteiger partial charge in [0.25, 0.3) is 0 Å². The molecule has 0 saturated heterocycles. The van der Waals surface area contributed by atoms with E-state index in [-0.39, 0.29) is 12.1 Å². The minimum atomic E-state index is -0.810. The number of nitrogens with one attached hydrogen (secondary N) is 1. The standard InChI is InChI=1S/C15H21F2NOS/c1-2-18-15(10-19)7-3-4-12(9-15)20-11-5-6-13(16)14(17)8-11/h5-6,8,12,18-19H,2-4,7,9-10H2,1H3. The zero-order valence-corrected chi connectivity index (χ0v) is 12.5. The van der Waals surface area contributed by atoms with Crippen molar-refractivity contribution in [3.05, 3.63) is 29.8 Å². The van der Waals surface area contributed by atoms with Gasteiger partial charge in [-0.05, 0) is 44.0 Å². The Labute approximate surface area is 123 Å². The molecule has 2 unspecified atom stereocenters. The Balaban J connectivity index is 2.03. The summed E-state index contributed by atoms with van der Waals surface area (Å²) in [5, 5.41) is 13.4. The van der Waals surface area contributed by atoms with Crippen LogP contribution in [0.3, 0.4) is 0 Å². The molecule has 1 aliphatic carbocycles. The highest BCUT2D eigenvalue weighted by Gasteiger charge is 2.35. The van der Waals surface area contributed by atoms with E-state index in [1.165, 1.54) is 12.1 Å². The minimum absolute atomic E-state index is 0.121. The lowest BCUT2D eigenvalue weighted by molar-refractivity contribution is 0.125. The molecule has 2 nitrogen and oxygen atoms in total. The van der Waals surface area contributed by atoms with E-state index in [2.05, 4.69) is 5.32 Å². The zero-order valence-electron chi connectivity index (χ0n) is 11.7. The Morgan fingerprint density at radius 1 is 1.40 bits per heavy atom. The van der Waals surface area contributed by atoms with Gasteiger partial charge in [-0.25, -0.2) is 8.78 Å². The summed E-state index contributed by atoms with van der Waals surface area (Å²) >= 11 is 1.57. The highest BCUT2D eigenvalue weighted by atomic mass is 32.2. The quantitative estimate of drug-likeness (QED) is 0.875. The van der Waals surface area contributed by atoms with E-state index >= 15 is 0 Å². The average Bonchev–Trinajstić information content (AvgIpc) is 2.44. The topological polar surface area (TPSA) is 32.3 Å². The van der Waals surface area contributed by atoms with Gasteiger partial charge in [-0.3, -0.25) is 0 Å². The molecule has 2 atom stereocenters. The van der Waals surface area contributed by atoms with Crippen molar-refractivity contribution >= 4 is 11.8 Å². The lowest BCUT2D eigenvalue weighted by Crippen LogP contribution is -2.52.